The predicted molar refractivity (Wildman–Crippen MR) is 441 cm³/mol. The molecule has 4 aromatic rings. The molecule has 6 rings (SSSR count). The van der Waals surface area contributed by atoms with Crippen LogP contribution in [0.3, 0.4) is 0 Å². The van der Waals surface area contributed by atoms with E-state index in [0.717, 1.165) is 52.9 Å². The summed E-state index contributed by atoms with van der Waals surface area (Å²) in [4.78, 5) is 293. The van der Waals surface area contributed by atoms with Crippen molar-refractivity contribution in [3.05, 3.63) is 90.1 Å². The number of nitrogen functional groups attached to an aromatic ring is 1. The van der Waals surface area contributed by atoms with Crippen LogP contribution in [0.1, 0.15) is 146 Å². The molecular formula is C81H107N17O29. The normalized spacial score (nSPS) is 21.2. The number of nitrogens with one attached hydrogen (secondary N) is 15. The van der Waals surface area contributed by atoms with Crippen molar-refractivity contribution in [2.45, 2.75) is 216 Å². The number of H-pyrrole nitrogens is 1. The zero-order chi connectivity index (χ0) is 93.7. The number of carbonyl (C=O) groups is 21. The highest BCUT2D eigenvalue weighted by Gasteiger charge is 2.42. The summed E-state index contributed by atoms with van der Waals surface area (Å²) >= 11 is 0. The number of para-hydroxylation sites is 4. The van der Waals surface area contributed by atoms with Gasteiger partial charge < -0.3 is 131 Å². The number of carbonyl (C=O) groups excluding carboxylic acids is 17. The molecule has 24 N–H and O–H groups in total. The number of ether oxygens (including phenoxy) is 3. The number of hydrogen-bond acceptors (Lipinski definition) is 26. The maximum absolute atomic E-state index is 15.0. The molecule has 690 valence electrons. The number of unbranched alkanes of at least 4 members (excludes halogenated alkanes) is 6. The average molecular weight is 1780 g/mol. The van der Waals surface area contributed by atoms with Crippen molar-refractivity contribution in [3.63, 3.8) is 0 Å². The molecule has 14 unspecified atom stereocenters. The van der Waals surface area contributed by atoms with E-state index in [-0.39, 0.29) is 49.4 Å². The van der Waals surface area contributed by atoms with E-state index in [1.54, 1.807) is 48.7 Å². The number of rotatable bonds is 37. The molecule has 0 saturated carbocycles. The van der Waals surface area contributed by atoms with Gasteiger partial charge in [0.25, 0.3) is 5.91 Å². The van der Waals surface area contributed by atoms with Crippen molar-refractivity contribution in [1.82, 2.24) is 79.4 Å². The molecule has 1 fully saturated rings. The fourth-order valence-corrected chi connectivity index (χ4v) is 13.2. The number of hydrogen-bond donors (Lipinski definition) is 22. The van der Waals surface area contributed by atoms with Gasteiger partial charge >= 0.3 is 29.8 Å². The lowest BCUT2D eigenvalue weighted by Gasteiger charge is -2.30. The quantitative estimate of drug-likeness (QED) is 0.00874. The molecular weight excluding hydrogens is 1670 g/mol. The smallest absolute Gasteiger partial charge is 0.329 e. The summed E-state index contributed by atoms with van der Waals surface area (Å²) in [5, 5.41) is 81.8. The molecule has 0 aliphatic carbocycles. The Kier molecular flexibility index (Phi) is 40.3. The van der Waals surface area contributed by atoms with Gasteiger partial charge in [-0.3, -0.25) is 95.9 Å². The summed E-state index contributed by atoms with van der Waals surface area (Å²) in [7, 11) is 0. The average Bonchev–Trinajstić information content (AvgIpc) is 1.74. The third kappa shape index (κ3) is 33.3. The van der Waals surface area contributed by atoms with E-state index >= 15 is 4.79 Å². The van der Waals surface area contributed by atoms with Crippen LogP contribution in [-0.4, -0.2) is 266 Å². The standard InChI is InChI=1S/C81H107N17O29/c1-5-6-7-8-9-10-11-26-61(102)90-49(29-43-35-85-47-22-15-13-19-44(43)47)74(117)93-50(31-60(83)101)75(118)95-53(34-67(111)112)76(119)98-69-42(4)126-81(124)54(30-56(100)45-20-12-14-21-46(45)82)96-80(123)68(40(2)28-64(105)106)97-77(120)55(38-99)91-63(104)36-86-71(114)51(32-65(107)108)92-70(113)41(3)88-73(116)52(33-66(109)110)94-72(115)48(89-62(103)37-87-79(69)122)23-18-27-84-78(121)59-39-125-57-24-16-17-25-58(57)127-59/h12-17,19-22,24-25,35,40-42,48-55,59,68-69,85,99H,5-11,18,23,26-34,36-39,82H2,1-4H3,(H2,83,101)(H,84,121)(H,86,114)(H,87,122)(H,88,116)(H,89,103)(H,90,102)(H,91,104)(H,92,113)(H,93,117)(H,94,115)(H,95,118)(H,96,123)(H,97,120)(H,98,119)(H,105,106)(H,107,108)(H,109,110)(H,111,112). The van der Waals surface area contributed by atoms with Crippen molar-refractivity contribution in [1.29, 1.82) is 0 Å². The Morgan fingerprint density at radius 2 is 1.09 bits per heavy atom. The Labute approximate surface area is 725 Å². The molecule has 3 heterocycles. The molecule has 1 aromatic heterocycles. The summed E-state index contributed by atoms with van der Waals surface area (Å²) < 4.78 is 17.1. The van der Waals surface area contributed by atoms with Crippen LogP contribution in [0.25, 0.3) is 10.9 Å². The summed E-state index contributed by atoms with van der Waals surface area (Å²) in [5.41, 5.74) is 12.4. The van der Waals surface area contributed by atoms with Crippen LogP contribution in [0, 0.1) is 5.92 Å². The minimum atomic E-state index is -2.51. The van der Waals surface area contributed by atoms with Crippen molar-refractivity contribution in [3.8, 4) is 11.5 Å². The number of aliphatic hydroxyl groups excluding tert-OH is 1. The second kappa shape index (κ2) is 50.4. The Morgan fingerprint density at radius 3 is 1.73 bits per heavy atom. The van der Waals surface area contributed by atoms with E-state index < -0.39 is 273 Å². The number of primary amides is 1. The van der Waals surface area contributed by atoms with E-state index in [1.165, 1.54) is 30.3 Å². The van der Waals surface area contributed by atoms with Gasteiger partial charge in [-0.25, -0.2) is 4.79 Å². The van der Waals surface area contributed by atoms with Crippen LogP contribution in [0.4, 0.5) is 5.69 Å². The van der Waals surface area contributed by atoms with Crippen molar-refractivity contribution in [2.24, 2.45) is 11.7 Å². The number of anilines is 1. The van der Waals surface area contributed by atoms with Gasteiger partial charge in [-0.15, -0.1) is 0 Å². The number of cyclic esters (lactones) is 1. The minimum absolute atomic E-state index is 0.0331. The fourth-order valence-electron chi connectivity index (χ4n) is 13.2. The second-order valence-electron chi connectivity index (χ2n) is 30.1. The first-order chi connectivity index (χ1) is 60.2. The first-order valence-corrected chi connectivity index (χ1v) is 40.7. The third-order valence-corrected chi connectivity index (χ3v) is 19.9. The fraction of sp³-hybridized carbons (Fsp3) is 0.494. The van der Waals surface area contributed by atoms with Gasteiger partial charge in [-0.05, 0) is 74.9 Å². The van der Waals surface area contributed by atoms with Gasteiger partial charge in [0.15, 0.2) is 17.3 Å². The number of nitrogens with two attached hydrogens (primary N) is 2. The van der Waals surface area contributed by atoms with Crippen LogP contribution in [0.2, 0.25) is 0 Å². The van der Waals surface area contributed by atoms with Crippen LogP contribution in [0.15, 0.2) is 79.0 Å². The molecule has 0 spiro atoms. The predicted octanol–water partition coefficient (Wildman–Crippen LogP) is -4.62. The zero-order valence-electron chi connectivity index (χ0n) is 69.8. The summed E-state index contributed by atoms with van der Waals surface area (Å²) in [6, 6.07) is -4.80. The third-order valence-electron chi connectivity index (χ3n) is 19.9. The molecule has 2 aliphatic rings. The van der Waals surface area contributed by atoms with E-state index in [0.29, 0.717) is 35.1 Å². The number of amides is 15. The maximum Gasteiger partial charge on any atom is 0.329 e. The van der Waals surface area contributed by atoms with Crippen LogP contribution >= 0.6 is 0 Å². The number of aliphatic carboxylic acids is 4. The summed E-state index contributed by atoms with van der Waals surface area (Å²) in [5.74, 6) is -30.6. The largest absolute Gasteiger partial charge is 0.485 e. The molecule has 1 saturated heterocycles. The molecule has 0 bridgehead atoms. The van der Waals surface area contributed by atoms with Crippen LogP contribution in [-0.2, 0) is 107 Å². The summed E-state index contributed by atoms with van der Waals surface area (Å²) in [6.07, 6.45) is -4.25. The number of carboxylic acids is 4. The van der Waals surface area contributed by atoms with E-state index in [1.807, 2.05) is 16.0 Å². The SMILES string of the molecule is CCCCCCCCCC(=O)NC(Cc1c[nH]c2ccccc12)C(=O)NC(CC(N)=O)C(=O)NC(CC(=O)O)C(=O)NC1C(=O)NCC(=O)NC(CCCNC(=O)C2COc3ccccc3O2)C(=O)NC(CC(=O)O)C(=O)NC(C)C(=O)NC(CC(=O)O)C(=O)NCC(=O)NC(CO)C(=O)NC(C(C)CC(=O)O)C(=O)NC(CC(=O)c2ccccc2N)C(=O)OC1C. The zero-order valence-corrected chi connectivity index (χ0v) is 69.8. The lowest BCUT2D eigenvalue weighted by Crippen LogP contribution is -2.62. The molecule has 15 amide bonds. The molecule has 2 aliphatic heterocycles. The lowest BCUT2D eigenvalue weighted by molar-refractivity contribution is -0.156. The van der Waals surface area contributed by atoms with Crippen LogP contribution < -0.4 is 95.4 Å². The monoisotopic (exact) mass is 1780 g/mol. The Bertz CT molecular complexity index is 4690. The topological polar surface area (TPSA) is 724 Å². The molecule has 3 aromatic carbocycles. The molecule has 14 atom stereocenters. The van der Waals surface area contributed by atoms with Gasteiger partial charge in [-0.2, -0.15) is 0 Å². The van der Waals surface area contributed by atoms with Crippen molar-refractivity contribution in [2.75, 3.05) is 38.6 Å². The maximum atomic E-state index is 15.0. The highest BCUT2D eigenvalue weighted by Crippen LogP contribution is 2.31. The number of carboxylic acid groups (broad SMARTS) is 4. The number of benzene rings is 3. The first-order valence-electron chi connectivity index (χ1n) is 40.7. The lowest BCUT2D eigenvalue weighted by atomic mass is 9.96. The van der Waals surface area contributed by atoms with Crippen LogP contribution in [0.5, 0.6) is 11.5 Å². The Balaban J connectivity index is 1.42. The molecule has 46 heteroatoms. The number of fused-ring (bicyclic) bond motifs is 2. The van der Waals surface area contributed by atoms with Crippen molar-refractivity contribution >= 4 is 141 Å². The highest BCUT2D eigenvalue weighted by molar-refractivity contribution is 6.05. The first kappa shape index (κ1) is 101. The van der Waals surface area contributed by atoms with Crippen molar-refractivity contribution < 1.29 is 140 Å². The number of aromatic nitrogens is 1. The second-order valence-corrected chi connectivity index (χ2v) is 30.1. The molecule has 46 nitrogen and oxygen atoms in total. The van der Waals surface area contributed by atoms with Gasteiger partial charge in [0.2, 0.25) is 88.8 Å². The number of esters is 1. The van der Waals surface area contributed by atoms with E-state index in [2.05, 4.69) is 70.4 Å². The van der Waals surface area contributed by atoms with Gasteiger partial charge in [0.05, 0.1) is 51.8 Å². The highest BCUT2D eigenvalue weighted by atomic mass is 16.6. The van der Waals surface area contributed by atoms with Gasteiger partial charge in [-0.1, -0.05) is 94.8 Å². The number of ketones is 1. The number of aromatic amines is 1. The van der Waals surface area contributed by atoms with Gasteiger partial charge in [0, 0.05) is 54.2 Å². The van der Waals surface area contributed by atoms with Gasteiger partial charge in [0.1, 0.15) is 79.2 Å². The Morgan fingerprint density at radius 1 is 0.535 bits per heavy atom. The number of aliphatic hydroxyl groups is 1. The summed E-state index contributed by atoms with van der Waals surface area (Å²) in [6.45, 7) is 0.539. The molecule has 127 heavy (non-hydrogen) atoms. The number of Topliss-reactive ketones (excluding diaryl/α,β-unsaturated/α-hetero) is 1. The van der Waals surface area contributed by atoms with E-state index in [4.69, 9.17) is 25.7 Å². The van der Waals surface area contributed by atoms with E-state index in [9.17, 15) is 121 Å². The Hall–Kier alpha value is -14.4. The minimum Gasteiger partial charge on any atom is -0.485 e. The molecule has 0 radical (unpaired) electrons.